The molecule has 18 heavy (non-hydrogen) atoms. The maximum Gasteiger partial charge on any atom is 0.244 e. The molecule has 0 amide bonds. The molecule has 1 aliphatic heterocycles. The lowest BCUT2D eigenvalue weighted by molar-refractivity contribution is -0.0181. The predicted molar refractivity (Wildman–Crippen MR) is 72.6 cm³/mol. The van der Waals surface area contributed by atoms with E-state index in [0.717, 1.165) is 31.1 Å². The average molecular weight is 292 g/mol. The van der Waals surface area contributed by atoms with Gasteiger partial charge in [-0.2, -0.15) is 4.37 Å². The van der Waals surface area contributed by atoms with Gasteiger partial charge in [-0.05, 0) is 18.6 Å². The Morgan fingerprint density at radius 3 is 3.17 bits per heavy atom. The van der Waals surface area contributed by atoms with E-state index in [9.17, 15) is 0 Å². The van der Waals surface area contributed by atoms with Crippen molar-refractivity contribution < 1.29 is 9.47 Å². The molecular weight excluding hydrogens is 274 g/mol. The van der Waals surface area contributed by atoms with Crippen molar-refractivity contribution in [1.82, 2.24) is 14.6 Å². The molecular formula is C11H18ClN3O2S. The smallest absolute Gasteiger partial charge is 0.244 e. The van der Waals surface area contributed by atoms with Crippen LogP contribution < -0.4 is 10.1 Å². The topological polar surface area (TPSA) is 46.6 Å². The fourth-order valence-electron chi connectivity index (χ4n) is 1.87. The number of nitrogens with zero attached hydrogens (tertiary/aromatic N) is 2. The van der Waals surface area contributed by atoms with E-state index in [1.54, 1.807) is 7.11 Å². The first-order chi connectivity index (χ1) is 8.70. The van der Waals surface area contributed by atoms with Gasteiger partial charge in [-0.3, -0.25) is 0 Å². The number of nitrogens with one attached hydrogen (secondary N) is 1. The maximum absolute atomic E-state index is 6.11. The Balaban J connectivity index is 1.76. The van der Waals surface area contributed by atoms with Gasteiger partial charge in [0.15, 0.2) is 0 Å². The highest BCUT2D eigenvalue weighted by Gasteiger charge is 2.18. The van der Waals surface area contributed by atoms with Crippen molar-refractivity contribution in [3.8, 4) is 5.88 Å². The van der Waals surface area contributed by atoms with Crippen LogP contribution in [0, 0.1) is 0 Å². The Labute approximate surface area is 116 Å². The first-order valence-electron chi connectivity index (χ1n) is 5.89. The summed E-state index contributed by atoms with van der Waals surface area (Å²) in [4.78, 5) is 3.27. The fourth-order valence-corrected chi connectivity index (χ4v) is 2.90. The number of morpholine rings is 1. The molecule has 1 unspecified atom stereocenters. The fraction of sp³-hybridized carbons (Fsp3) is 0.727. The first kappa shape index (κ1) is 14.0. The first-order valence-corrected chi connectivity index (χ1v) is 7.04. The van der Waals surface area contributed by atoms with Crippen molar-refractivity contribution in [2.75, 3.05) is 40.4 Å². The molecule has 102 valence electrons. The standard InChI is InChI=1S/C11H18ClN3O2S/c1-15-3-4-17-8(7-15)5-13-6-9-10(12)11(16-2)14-18-9/h8,13H,3-7H2,1-2H3. The minimum Gasteiger partial charge on any atom is -0.479 e. The lowest BCUT2D eigenvalue weighted by Crippen LogP contribution is -2.44. The molecule has 2 heterocycles. The number of rotatable bonds is 5. The Morgan fingerprint density at radius 2 is 2.50 bits per heavy atom. The van der Waals surface area contributed by atoms with E-state index in [1.807, 2.05) is 0 Å². The van der Waals surface area contributed by atoms with E-state index in [1.165, 1.54) is 11.5 Å². The number of aromatic nitrogens is 1. The summed E-state index contributed by atoms with van der Waals surface area (Å²) in [6.07, 6.45) is 0.248. The highest BCUT2D eigenvalue weighted by atomic mass is 35.5. The number of hydrogen-bond acceptors (Lipinski definition) is 6. The number of halogens is 1. The maximum atomic E-state index is 6.11. The molecule has 1 N–H and O–H groups in total. The van der Waals surface area contributed by atoms with Crippen molar-refractivity contribution in [1.29, 1.82) is 0 Å². The van der Waals surface area contributed by atoms with Crippen LogP contribution in [-0.4, -0.2) is 55.8 Å². The summed E-state index contributed by atoms with van der Waals surface area (Å²) in [6, 6.07) is 0. The number of ether oxygens (including phenoxy) is 2. The quantitative estimate of drug-likeness (QED) is 0.884. The van der Waals surface area contributed by atoms with Crippen molar-refractivity contribution in [3.05, 3.63) is 9.90 Å². The van der Waals surface area contributed by atoms with Crippen LogP contribution in [0.4, 0.5) is 0 Å². The molecule has 7 heteroatoms. The number of methoxy groups -OCH3 is 1. The van der Waals surface area contributed by atoms with Crippen LogP contribution >= 0.6 is 23.1 Å². The third-order valence-electron chi connectivity index (χ3n) is 2.86. The molecule has 0 aromatic carbocycles. The average Bonchev–Trinajstić information content (AvgIpc) is 2.71. The molecule has 0 bridgehead atoms. The van der Waals surface area contributed by atoms with Gasteiger partial charge >= 0.3 is 0 Å². The van der Waals surface area contributed by atoms with Gasteiger partial charge in [0.25, 0.3) is 0 Å². The summed E-state index contributed by atoms with van der Waals surface area (Å²) in [5.41, 5.74) is 0. The third kappa shape index (κ3) is 3.55. The SMILES string of the molecule is COc1nsc(CNCC2CN(C)CCO2)c1Cl. The molecule has 0 radical (unpaired) electrons. The summed E-state index contributed by atoms with van der Waals surface area (Å²) in [7, 11) is 3.68. The van der Waals surface area contributed by atoms with Crippen molar-refractivity contribution in [2.24, 2.45) is 0 Å². The molecule has 1 aromatic rings. The summed E-state index contributed by atoms with van der Waals surface area (Å²) < 4.78 is 14.8. The van der Waals surface area contributed by atoms with Crippen molar-refractivity contribution in [2.45, 2.75) is 12.6 Å². The molecule has 1 saturated heterocycles. The number of hydrogen-bond donors (Lipinski definition) is 1. The van der Waals surface area contributed by atoms with Gasteiger partial charge < -0.3 is 19.7 Å². The zero-order chi connectivity index (χ0) is 13.0. The van der Waals surface area contributed by atoms with Crippen LogP contribution in [0.3, 0.4) is 0 Å². The van der Waals surface area contributed by atoms with E-state index < -0.39 is 0 Å². The Bertz CT molecular complexity index is 388. The molecule has 1 aromatic heterocycles. The van der Waals surface area contributed by atoms with Crippen LogP contribution in [0.2, 0.25) is 5.02 Å². The molecule has 1 fully saturated rings. The van der Waals surface area contributed by atoms with Crippen LogP contribution in [0.5, 0.6) is 5.88 Å². The van der Waals surface area contributed by atoms with Crippen molar-refractivity contribution in [3.63, 3.8) is 0 Å². The second-order valence-electron chi connectivity index (χ2n) is 4.31. The second kappa shape index (κ2) is 6.68. The molecule has 1 aliphatic rings. The van der Waals surface area contributed by atoms with E-state index in [2.05, 4.69) is 21.6 Å². The minimum absolute atomic E-state index is 0.248. The highest BCUT2D eigenvalue weighted by Crippen LogP contribution is 2.30. The Kier molecular flexibility index (Phi) is 5.20. The molecule has 2 rings (SSSR count). The van der Waals surface area contributed by atoms with Gasteiger partial charge in [-0.1, -0.05) is 11.6 Å². The zero-order valence-corrected chi connectivity index (χ0v) is 12.2. The molecule has 1 atom stereocenters. The zero-order valence-electron chi connectivity index (χ0n) is 10.6. The van der Waals surface area contributed by atoms with Gasteiger partial charge in [0.05, 0.1) is 24.7 Å². The predicted octanol–water partition coefficient (Wildman–Crippen LogP) is 1.23. The Morgan fingerprint density at radius 1 is 1.67 bits per heavy atom. The minimum atomic E-state index is 0.248. The summed E-state index contributed by atoms with van der Waals surface area (Å²) in [5, 5.41) is 3.96. The van der Waals surface area contributed by atoms with E-state index in [0.29, 0.717) is 17.4 Å². The summed E-state index contributed by atoms with van der Waals surface area (Å²) in [6.45, 7) is 4.30. The molecule has 0 saturated carbocycles. The van der Waals surface area contributed by atoms with Gasteiger partial charge in [0, 0.05) is 26.2 Å². The third-order valence-corrected chi connectivity index (χ3v) is 4.19. The van der Waals surface area contributed by atoms with Crippen LogP contribution in [0.25, 0.3) is 0 Å². The molecule has 0 aliphatic carbocycles. The van der Waals surface area contributed by atoms with Gasteiger partial charge in [-0.25, -0.2) is 0 Å². The van der Waals surface area contributed by atoms with E-state index >= 15 is 0 Å². The van der Waals surface area contributed by atoms with Gasteiger partial charge in [0.2, 0.25) is 5.88 Å². The van der Waals surface area contributed by atoms with E-state index in [-0.39, 0.29) is 6.10 Å². The molecule has 0 spiro atoms. The van der Waals surface area contributed by atoms with Gasteiger partial charge in [-0.15, -0.1) is 0 Å². The van der Waals surface area contributed by atoms with Crippen LogP contribution in [0.1, 0.15) is 4.88 Å². The van der Waals surface area contributed by atoms with Gasteiger partial charge in [0.1, 0.15) is 5.02 Å². The second-order valence-corrected chi connectivity index (χ2v) is 5.55. The molecule has 5 nitrogen and oxygen atoms in total. The van der Waals surface area contributed by atoms with Crippen molar-refractivity contribution >= 4 is 23.1 Å². The largest absolute Gasteiger partial charge is 0.479 e. The normalized spacial score (nSPS) is 21.2. The van der Waals surface area contributed by atoms with Crippen LogP contribution in [0.15, 0.2) is 0 Å². The van der Waals surface area contributed by atoms with Crippen LogP contribution in [-0.2, 0) is 11.3 Å². The Hall–Kier alpha value is -0.400. The van der Waals surface area contributed by atoms with E-state index in [4.69, 9.17) is 21.1 Å². The monoisotopic (exact) mass is 291 g/mol. The summed E-state index contributed by atoms with van der Waals surface area (Å²) >= 11 is 7.48. The highest BCUT2D eigenvalue weighted by molar-refractivity contribution is 7.06. The lowest BCUT2D eigenvalue weighted by atomic mass is 10.3. The number of likely N-dealkylation sites (N-methyl/N-ethyl adjacent to an activating group) is 1. The lowest BCUT2D eigenvalue weighted by Gasteiger charge is -2.30. The summed E-state index contributed by atoms with van der Waals surface area (Å²) in [5.74, 6) is 0.507.